The Labute approximate surface area is 197 Å². The summed E-state index contributed by atoms with van der Waals surface area (Å²) >= 11 is 6.39. The Kier molecular flexibility index (Phi) is 5.83. The second-order valence-electron chi connectivity index (χ2n) is 7.55. The van der Waals surface area contributed by atoms with Gasteiger partial charge >= 0.3 is 0 Å². The molecule has 33 heavy (non-hydrogen) atoms. The molecule has 0 unspecified atom stereocenters. The molecule has 1 atom stereocenters. The van der Waals surface area contributed by atoms with Crippen LogP contribution in [0.4, 0.5) is 5.95 Å². The third kappa shape index (κ3) is 4.47. The minimum atomic E-state index is 0.0205. The number of rotatable bonds is 6. The van der Waals surface area contributed by atoms with Gasteiger partial charge in [0.2, 0.25) is 5.95 Å². The lowest BCUT2D eigenvalue weighted by molar-refractivity contribution is 0.853. The molecule has 5 rings (SSSR count). The van der Waals surface area contributed by atoms with Crippen LogP contribution in [0, 0.1) is 0 Å². The molecule has 0 fully saturated rings. The number of nitrogens with zero attached hydrogens (tertiary/aromatic N) is 5. The van der Waals surface area contributed by atoms with Crippen LogP contribution in [0.1, 0.15) is 18.5 Å². The molecule has 0 radical (unpaired) electrons. The molecule has 0 bridgehead atoms. The van der Waals surface area contributed by atoms with Gasteiger partial charge in [-0.3, -0.25) is 9.55 Å². The number of halogens is 1. The average Bonchev–Trinajstić information content (AvgIpc) is 3.35. The smallest absolute Gasteiger partial charge is 0.226 e. The number of pyridine rings is 1. The fourth-order valence-corrected chi connectivity index (χ4v) is 3.94. The highest BCUT2D eigenvalue weighted by molar-refractivity contribution is 6.29. The summed E-state index contributed by atoms with van der Waals surface area (Å²) < 4.78 is 1.92. The molecular formula is C26H21ClN6. The number of hydrogen-bond acceptors (Lipinski definition) is 5. The van der Waals surface area contributed by atoms with Crippen LogP contribution in [0.5, 0.6) is 0 Å². The second-order valence-corrected chi connectivity index (χ2v) is 7.94. The molecule has 0 saturated carbocycles. The number of hydrogen-bond donors (Lipinski definition) is 1. The van der Waals surface area contributed by atoms with Gasteiger partial charge in [-0.05, 0) is 35.7 Å². The Morgan fingerprint density at radius 2 is 1.58 bits per heavy atom. The Hall–Kier alpha value is -4.03. The first kappa shape index (κ1) is 20.8. The maximum absolute atomic E-state index is 6.39. The van der Waals surface area contributed by atoms with Crippen LogP contribution in [0.25, 0.3) is 28.3 Å². The van der Waals surface area contributed by atoms with Gasteiger partial charge in [-0.25, -0.2) is 9.97 Å². The van der Waals surface area contributed by atoms with E-state index in [1.54, 1.807) is 24.7 Å². The maximum Gasteiger partial charge on any atom is 0.226 e. The number of benzene rings is 2. The maximum atomic E-state index is 6.39. The van der Waals surface area contributed by atoms with Crippen LogP contribution in [-0.4, -0.2) is 24.5 Å². The van der Waals surface area contributed by atoms with Crippen molar-refractivity contribution in [1.29, 1.82) is 0 Å². The summed E-state index contributed by atoms with van der Waals surface area (Å²) in [7, 11) is 0. The van der Waals surface area contributed by atoms with E-state index >= 15 is 0 Å². The minimum absolute atomic E-state index is 0.0205. The lowest BCUT2D eigenvalue weighted by atomic mass is 10.00. The molecule has 0 amide bonds. The van der Waals surface area contributed by atoms with Gasteiger partial charge in [-0.2, -0.15) is 4.98 Å². The first-order chi connectivity index (χ1) is 16.2. The van der Waals surface area contributed by atoms with Crippen LogP contribution < -0.4 is 5.32 Å². The Bertz CT molecular complexity index is 1370. The van der Waals surface area contributed by atoms with Gasteiger partial charge in [0, 0.05) is 36.4 Å². The summed E-state index contributed by atoms with van der Waals surface area (Å²) in [6.45, 7) is 2.06. The third-order valence-electron chi connectivity index (χ3n) is 5.37. The molecule has 7 heteroatoms. The quantitative estimate of drug-likeness (QED) is 0.310. The van der Waals surface area contributed by atoms with Gasteiger partial charge in [0.05, 0.1) is 6.04 Å². The molecule has 2 aromatic carbocycles. The number of anilines is 1. The van der Waals surface area contributed by atoms with E-state index in [4.69, 9.17) is 16.6 Å². The first-order valence-corrected chi connectivity index (χ1v) is 11.0. The average molecular weight is 453 g/mol. The molecule has 6 nitrogen and oxygen atoms in total. The van der Waals surface area contributed by atoms with Crippen molar-refractivity contribution >= 4 is 17.5 Å². The Morgan fingerprint density at radius 3 is 2.36 bits per heavy atom. The van der Waals surface area contributed by atoms with Crippen molar-refractivity contribution in [3.63, 3.8) is 0 Å². The zero-order valence-corrected chi connectivity index (χ0v) is 18.7. The molecule has 3 aromatic heterocycles. The van der Waals surface area contributed by atoms with Crippen molar-refractivity contribution in [3.05, 3.63) is 108 Å². The van der Waals surface area contributed by atoms with Crippen molar-refractivity contribution in [3.8, 4) is 28.3 Å². The fourth-order valence-electron chi connectivity index (χ4n) is 3.76. The van der Waals surface area contributed by atoms with Gasteiger partial charge in [0.15, 0.2) is 0 Å². The van der Waals surface area contributed by atoms with E-state index in [0.717, 1.165) is 28.1 Å². The highest BCUT2D eigenvalue weighted by Gasteiger charge is 2.16. The van der Waals surface area contributed by atoms with Gasteiger partial charge in [0.1, 0.15) is 16.8 Å². The standard InChI is InChI=1S/C26H21ClN6/c1-18(19-7-3-2-4-8-19)30-26-31-23(27)17-24(32-26)33-16-15-29-25(33)22-10-6-5-9-21(22)20-11-13-28-14-12-20/h2-18H,1H3,(H,30,31,32)/t18-/m0/s1. The topological polar surface area (TPSA) is 68.5 Å². The van der Waals surface area contributed by atoms with E-state index in [1.807, 2.05) is 59.3 Å². The number of imidazole rings is 1. The number of nitrogens with one attached hydrogen (secondary N) is 1. The van der Waals surface area contributed by atoms with Crippen molar-refractivity contribution < 1.29 is 0 Å². The van der Waals surface area contributed by atoms with Gasteiger partial charge < -0.3 is 5.32 Å². The summed E-state index contributed by atoms with van der Waals surface area (Å²) in [4.78, 5) is 17.9. The summed E-state index contributed by atoms with van der Waals surface area (Å²) in [5.74, 6) is 1.85. The first-order valence-electron chi connectivity index (χ1n) is 10.6. The van der Waals surface area contributed by atoms with Gasteiger partial charge in [0.25, 0.3) is 0 Å². The van der Waals surface area contributed by atoms with Crippen molar-refractivity contribution in [2.75, 3.05) is 5.32 Å². The van der Waals surface area contributed by atoms with Crippen molar-refractivity contribution in [2.45, 2.75) is 13.0 Å². The van der Waals surface area contributed by atoms with Crippen LogP contribution >= 0.6 is 11.6 Å². The van der Waals surface area contributed by atoms with Crippen molar-refractivity contribution in [1.82, 2.24) is 24.5 Å². The van der Waals surface area contributed by atoms with Crippen LogP contribution in [0.2, 0.25) is 5.15 Å². The van der Waals surface area contributed by atoms with Gasteiger partial charge in [-0.15, -0.1) is 0 Å². The zero-order chi connectivity index (χ0) is 22.6. The third-order valence-corrected chi connectivity index (χ3v) is 5.57. The predicted molar refractivity (Wildman–Crippen MR) is 131 cm³/mol. The van der Waals surface area contributed by atoms with E-state index in [9.17, 15) is 0 Å². The lowest BCUT2D eigenvalue weighted by Crippen LogP contribution is -2.11. The Morgan fingerprint density at radius 1 is 0.848 bits per heavy atom. The second kappa shape index (κ2) is 9.22. The molecule has 0 aliphatic rings. The summed E-state index contributed by atoms with van der Waals surface area (Å²) in [5.41, 5.74) is 4.24. The van der Waals surface area contributed by atoms with E-state index in [2.05, 4.69) is 45.4 Å². The summed E-state index contributed by atoms with van der Waals surface area (Å²) in [6.07, 6.45) is 7.21. The molecule has 0 aliphatic heterocycles. The van der Waals surface area contributed by atoms with E-state index < -0.39 is 0 Å². The molecule has 0 spiro atoms. The van der Waals surface area contributed by atoms with Crippen LogP contribution in [-0.2, 0) is 0 Å². The van der Waals surface area contributed by atoms with Gasteiger partial charge in [-0.1, -0.05) is 66.2 Å². The van der Waals surface area contributed by atoms with Crippen molar-refractivity contribution in [2.24, 2.45) is 0 Å². The molecule has 3 heterocycles. The normalized spacial score (nSPS) is 11.8. The highest BCUT2D eigenvalue weighted by Crippen LogP contribution is 2.32. The molecule has 0 saturated heterocycles. The lowest BCUT2D eigenvalue weighted by Gasteiger charge is -2.16. The molecule has 0 aliphatic carbocycles. The van der Waals surface area contributed by atoms with Crippen LogP contribution in [0.3, 0.4) is 0 Å². The molecule has 1 N–H and O–H groups in total. The SMILES string of the molecule is C[C@H](Nc1nc(Cl)cc(-n2ccnc2-c2ccccc2-c2ccncc2)n1)c1ccccc1. The number of aromatic nitrogens is 5. The van der Waals surface area contributed by atoms with E-state index in [1.165, 1.54) is 0 Å². The van der Waals surface area contributed by atoms with Crippen LogP contribution in [0.15, 0.2) is 97.6 Å². The largest absolute Gasteiger partial charge is 0.348 e. The predicted octanol–water partition coefficient (Wildman–Crippen LogP) is 6.22. The molecular weight excluding hydrogens is 432 g/mol. The molecule has 162 valence electrons. The monoisotopic (exact) mass is 452 g/mol. The summed E-state index contributed by atoms with van der Waals surface area (Å²) in [6, 6.07) is 24.0. The highest BCUT2D eigenvalue weighted by atomic mass is 35.5. The molecule has 5 aromatic rings. The van der Waals surface area contributed by atoms with E-state index in [0.29, 0.717) is 16.9 Å². The minimum Gasteiger partial charge on any atom is -0.348 e. The Balaban J connectivity index is 1.53. The van der Waals surface area contributed by atoms with E-state index in [-0.39, 0.29) is 6.04 Å². The zero-order valence-electron chi connectivity index (χ0n) is 17.9. The fraction of sp³-hybridized carbons (Fsp3) is 0.0769. The summed E-state index contributed by atoms with van der Waals surface area (Å²) in [5, 5.41) is 3.70.